The van der Waals surface area contributed by atoms with E-state index in [0.29, 0.717) is 39.1 Å². The molecule has 2 aromatic carbocycles. The average Bonchev–Trinajstić information content (AvgIpc) is 3.00. The Morgan fingerprint density at radius 3 is 2.24 bits per heavy atom. The molecule has 2 fully saturated rings. The molecule has 2 saturated heterocycles. The fraction of sp³-hybridized carbons (Fsp3) is 0.467. The van der Waals surface area contributed by atoms with Crippen LogP contribution in [0.1, 0.15) is 24.0 Å². The fourth-order valence-electron chi connectivity index (χ4n) is 5.50. The van der Waals surface area contributed by atoms with Gasteiger partial charge in [0.15, 0.2) is 5.75 Å². The topological polar surface area (TPSA) is 75.2 Å². The zero-order valence-corrected chi connectivity index (χ0v) is 25.6. The summed E-state index contributed by atoms with van der Waals surface area (Å²) in [5.41, 5.74) is 3.48. The third-order valence-corrected chi connectivity index (χ3v) is 8.91. The second-order valence-electron chi connectivity index (χ2n) is 10.6. The van der Waals surface area contributed by atoms with Crippen molar-refractivity contribution >= 4 is 40.5 Å². The fourth-order valence-corrected chi connectivity index (χ4v) is 6.03. The Morgan fingerprint density at radius 2 is 1.59 bits per heavy atom. The Kier molecular flexibility index (Phi) is 9.60. The molecule has 11 heteroatoms. The summed E-state index contributed by atoms with van der Waals surface area (Å²) in [7, 11) is 5.49. The van der Waals surface area contributed by atoms with E-state index in [1.54, 1.807) is 32.7 Å². The third kappa shape index (κ3) is 6.92. The van der Waals surface area contributed by atoms with Crippen LogP contribution in [0.5, 0.6) is 17.2 Å². The highest BCUT2D eigenvalue weighted by atomic mass is 35.5. The number of aromatic nitrogens is 2. The van der Waals surface area contributed by atoms with Crippen molar-refractivity contribution in [1.29, 1.82) is 0 Å². The van der Waals surface area contributed by atoms with E-state index in [0.717, 1.165) is 48.9 Å². The van der Waals surface area contributed by atoms with Crippen LogP contribution < -0.4 is 24.4 Å². The second-order valence-corrected chi connectivity index (χ2v) is 11.4. The van der Waals surface area contributed by atoms with Crippen LogP contribution in [0.25, 0.3) is 0 Å². The molecule has 9 nitrogen and oxygen atoms in total. The minimum Gasteiger partial charge on any atom is -0.495 e. The van der Waals surface area contributed by atoms with Crippen molar-refractivity contribution in [2.24, 2.45) is 0 Å². The SMILES string of the molecule is COc1cc(Nc2ncc(OCc3c(Cl)c(C)cc(OC)c3Cl)cn2)ccc1N1CCC(N2CCN(C)CC2)CC1. The maximum absolute atomic E-state index is 6.46. The Hall–Kier alpha value is -2.98. The molecule has 2 aliphatic rings. The highest BCUT2D eigenvalue weighted by Gasteiger charge is 2.27. The molecule has 1 N–H and O–H groups in total. The van der Waals surface area contributed by atoms with Crippen molar-refractivity contribution in [1.82, 2.24) is 19.8 Å². The van der Waals surface area contributed by atoms with Crippen LogP contribution in [0.4, 0.5) is 17.3 Å². The van der Waals surface area contributed by atoms with Crippen molar-refractivity contribution in [2.45, 2.75) is 32.4 Å². The van der Waals surface area contributed by atoms with E-state index in [-0.39, 0.29) is 6.61 Å². The zero-order chi connectivity index (χ0) is 28.9. The van der Waals surface area contributed by atoms with Gasteiger partial charge in [-0.3, -0.25) is 4.90 Å². The van der Waals surface area contributed by atoms with Gasteiger partial charge in [-0.05, 0) is 50.6 Å². The van der Waals surface area contributed by atoms with Crippen LogP contribution in [0.15, 0.2) is 36.7 Å². The lowest BCUT2D eigenvalue weighted by molar-refractivity contribution is 0.0981. The summed E-state index contributed by atoms with van der Waals surface area (Å²) in [5, 5.41) is 4.24. The number of halogens is 2. The number of nitrogens with zero attached hydrogens (tertiary/aromatic N) is 5. The lowest BCUT2D eigenvalue weighted by Crippen LogP contribution is -2.52. The first-order valence-electron chi connectivity index (χ1n) is 13.9. The number of nitrogens with one attached hydrogen (secondary N) is 1. The number of rotatable bonds is 9. The summed E-state index contributed by atoms with van der Waals surface area (Å²) in [6.07, 6.45) is 5.57. The lowest BCUT2D eigenvalue weighted by atomic mass is 10.0. The van der Waals surface area contributed by atoms with Gasteiger partial charge < -0.3 is 29.3 Å². The van der Waals surface area contributed by atoms with E-state index in [4.69, 9.17) is 37.4 Å². The predicted molar refractivity (Wildman–Crippen MR) is 165 cm³/mol. The van der Waals surface area contributed by atoms with Gasteiger partial charge in [-0.25, -0.2) is 9.97 Å². The van der Waals surface area contributed by atoms with Crippen molar-refractivity contribution < 1.29 is 14.2 Å². The summed E-state index contributed by atoms with van der Waals surface area (Å²) in [5.74, 6) is 2.33. The number of piperidine rings is 1. The summed E-state index contributed by atoms with van der Waals surface area (Å²) in [4.78, 5) is 16.3. The second kappa shape index (κ2) is 13.3. The molecule has 220 valence electrons. The number of hydrogen-bond acceptors (Lipinski definition) is 9. The number of likely N-dealkylation sites (N-methyl/N-ethyl adjacent to an activating group) is 1. The number of ether oxygens (including phenoxy) is 3. The maximum atomic E-state index is 6.46. The van der Waals surface area contributed by atoms with Crippen LogP contribution in [0.2, 0.25) is 10.0 Å². The van der Waals surface area contributed by atoms with Gasteiger partial charge in [-0.2, -0.15) is 0 Å². The number of hydrogen-bond donors (Lipinski definition) is 1. The van der Waals surface area contributed by atoms with Gasteiger partial charge in [-0.1, -0.05) is 23.2 Å². The number of aryl methyl sites for hydroxylation is 1. The molecule has 1 aromatic heterocycles. The van der Waals surface area contributed by atoms with Gasteiger partial charge in [-0.15, -0.1) is 0 Å². The van der Waals surface area contributed by atoms with E-state index in [1.807, 2.05) is 19.1 Å². The van der Waals surface area contributed by atoms with Crippen LogP contribution in [0, 0.1) is 6.92 Å². The van der Waals surface area contributed by atoms with Gasteiger partial charge >= 0.3 is 0 Å². The Morgan fingerprint density at radius 1 is 0.902 bits per heavy atom. The van der Waals surface area contributed by atoms with E-state index < -0.39 is 0 Å². The number of methoxy groups -OCH3 is 2. The van der Waals surface area contributed by atoms with E-state index in [2.05, 4.69) is 43.1 Å². The summed E-state index contributed by atoms with van der Waals surface area (Å²) in [6.45, 7) is 8.77. The first-order chi connectivity index (χ1) is 19.9. The molecule has 0 unspecified atom stereocenters. The molecule has 0 spiro atoms. The first kappa shape index (κ1) is 29.5. The average molecular weight is 602 g/mol. The molecule has 0 saturated carbocycles. The van der Waals surface area contributed by atoms with Gasteiger partial charge in [0.1, 0.15) is 18.1 Å². The van der Waals surface area contributed by atoms with Gasteiger partial charge in [0, 0.05) is 62.6 Å². The molecule has 2 aliphatic heterocycles. The predicted octanol–water partition coefficient (Wildman–Crippen LogP) is 5.65. The molecular formula is C30H38Cl2N6O3. The number of benzene rings is 2. The molecule has 5 rings (SSSR count). The summed E-state index contributed by atoms with van der Waals surface area (Å²) >= 11 is 12.9. The van der Waals surface area contributed by atoms with Crippen LogP contribution in [0.3, 0.4) is 0 Å². The molecule has 0 radical (unpaired) electrons. The summed E-state index contributed by atoms with van der Waals surface area (Å²) in [6, 6.07) is 8.61. The van der Waals surface area contributed by atoms with E-state index in [9.17, 15) is 0 Å². The van der Waals surface area contributed by atoms with Gasteiger partial charge in [0.2, 0.25) is 5.95 Å². The lowest BCUT2D eigenvalue weighted by Gasteiger charge is -2.42. The normalized spacial score (nSPS) is 17.0. The zero-order valence-electron chi connectivity index (χ0n) is 24.1. The largest absolute Gasteiger partial charge is 0.495 e. The maximum Gasteiger partial charge on any atom is 0.227 e. The Bertz CT molecular complexity index is 1330. The first-order valence-corrected chi connectivity index (χ1v) is 14.7. The van der Waals surface area contributed by atoms with Crippen LogP contribution >= 0.6 is 23.2 Å². The molecular weight excluding hydrogens is 563 g/mol. The van der Waals surface area contributed by atoms with Crippen LogP contribution in [-0.4, -0.2) is 86.3 Å². The molecule has 41 heavy (non-hydrogen) atoms. The van der Waals surface area contributed by atoms with Crippen molar-refractivity contribution in [3.63, 3.8) is 0 Å². The standard InChI is InChI=1S/C30H38Cl2N6O3/c1-20-15-27(40-4)29(32)24(28(20)31)19-41-23-17-33-30(34-18-23)35-21-5-6-25(26(16-21)39-3)38-9-7-22(8-10-38)37-13-11-36(2)12-14-37/h5-6,15-18,22H,7-14,19H2,1-4H3,(H,33,34,35). The molecule has 3 heterocycles. The quantitative estimate of drug-likeness (QED) is 0.335. The molecule has 0 bridgehead atoms. The molecule has 0 atom stereocenters. The van der Waals surface area contributed by atoms with Crippen molar-refractivity contribution in [2.75, 3.05) is 70.8 Å². The molecule has 0 amide bonds. The summed E-state index contributed by atoms with van der Waals surface area (Å²) < 4.78 is 17.0. The van der Waals surface area contributed by atoms with Crippen molar-refractivity contribution in [3.8, 4) is 17.2 Å². The van der Waals surface area contributed by atoms with Gasteiger partial charge in [0.05, 0.1) is 42.3 Å². The van der Waals surface area contributed by atoms with E-state index in [1.165, 1.54) is 25.9 Å². The Labute approximate surface area is 252 Å². The number of piperazine rings is 1. The highest BCUT2D eigenvalue weighted by Crippen LogP contribution is 2.37. The van der Waals surface area contributed by atoms with Crippen LogP contribution in [-0.2, 0) is 6.61 Å². The third-order valence-electron chi connectivity index (χ3n) is 7.97. The Balaban J connectivity index is 1.18. The number of anilines is 3. The minimum absolute atomic E-state index is 0.164. The smallest absolute Gasteiger partial charge is 0.227 e. The van der Waals surface area contributed by atoms with Crippen molar-refractivity contribution in [3.05, 3.63) is 57.8 Å². The highest BCUT2D eigenvalue weighted by molar-refractivity contribution is 6.37. The minimum atomic E-state index is 0.164. The molecule has 3 aromatic rings. The monoisotopic (exact) mass is 600 g/mol. The molecule has 0 aliphatic carbocycles. The van der Waals surface area contributed by atoms with Gasteiger partial charge in [0.25, 0.3) is 0 Å². The van der Waals surface area contributed by atoms with E-state index >= 15 is 0 Å².